The summed E-state index contributed by atoms with van der Waals surface area (Å²) >= 11 is 7.22. The van der Waals surface area contributed by atoms with E-state index in [-0.39, 0.29) is 37.1 Å². The number of rotatable bonds is 6. The average Bonchev–Trinajstić information content (AvgIpc) is 3.30. The highest BCUT2D eigenvalue weighted by molar-refractivity contribution is 7.14. The lowest BCUT2D eigenvalue weighted by atomic mass is 10.1. The third-order valence-electron chi connectivity index (χ3n) is 4.38. The lowest BCUT2D eigenvalue weighted by molar-refractivity contribution is -0.124. The van der Waals surface area contributed by atoms with E-state index in [4.69, 9.17) is 16.3 Å². The fourth-order valence-electron chi connectivity index (χ4n) is 3.06. The SMILES string of the molecule is CCOC(=O)c1csc(N(CC)C(=O)C2CC(=O)N(c3cccc(Cl)c3)C2)n1. The van der Waals surface area contributed by atoms with E-state index < -0.39 is 11.9 Å². The Labute approximate surface area is 171 Å². The first-order valence-corrected chi connectivity index (χ1v) is 10.2. The van der Waals surface area contributed by atoms with Crippen molar-refractivity contribution in [3.05, 3.63) is 40.4 Å². The van der Waals surface area contributed by atoms with Gasteiger partial charge in [0.2, 0.25) is 11.8 Å². The van der Waals surface area contributed by atoms with Gasteiger partial charge in [-0.25, -0.2) is 9.78 Å². The van der Waals surface area contributed by atoms with Crippen molar-refractivity contribution < 1.29 is 19.1 Å². The van der Waals surface area contributed by atoms with Crippen LogP contribution in [0, 0.1) is 5.92 Å². The third-order valence-corrected chi connectivity index (χ3v) is 5.48. The summed E-state index contributed by atoms with van der Waals surface area (Å²) in [5.41, 5.74) is 0.853. The smallest absolute Gasteiger partial charge is 0.357 e. The molecule has 2 amide bonds. The summed E-state index contributed by atoms with van der Waals surface area (Å²) in [5, 5.41) is 2.52. The maximum absolute atomic E-state index is 13.0. The standard InChI is InChI=1S/C19H20ClN3O4S/c1-3-22(19-21-15(11-28-19)18(26)27-4-2)17(25)12-8-16(24)23(10-12)14-7-5-6-13(20)9-14/h5-7,9,11-12H,3-4,8,10H2,1-2H3. The molecule has 0 N–H and O–H groups in total. The van der Waals surface area contributed by atoms with Gasteiger partial charge in [-0.3, -0.25) is 14.5 Å². The lowest BCUT2D eigenvalue weighted by Crippen LogP contribution is -2.37. The monoisotopic (exact) mass is 421 g/mol. The van der Waals surface area contributed by atoms with Gasteiger partial charge in [0.25, 0.3) is 0 Å². The van der Waals surface area contributed by atoms with Crippen molar-refractivity contribution in [2.24, 2.45) is 5.92 Å². The highest BCUT2D eigenvalue weighted by Crippen LogP contribution is 2.30. The number of esters is 1. The molecule has 9 heteroatoms. The molecular formula is C19H20ClN3O4S. The van der Waals surface area contributed by atoms with E-state index in [2.05, 4.69) is 4.98 Å². The molecule has 1 saturated heterocycles. The van der Waals surface area contributed by atoms with Gasteiger partial charge in [0, 0.05) is 35.6 Å². The molecule has 0 radical (unpaired) electrons. The molecule has 0 spiro atoms. The number of hydrogen-bond acceptors (Lipinski definition) is 6. The number of halogens is 1. The molecule has 1 atom stereocenters. The number of nitrogens with zero attached hydrogens (tertiary/aromatic N) is 3. The van der Waals surface area contributed by atoms with E-state index in [1.165, 1.54) is 16.2 Å². The zero-order chi connectivity index (χ0) is 20.3. The number of anilines is 2. The number of benzene rings is 1. The summed E-state index contributed by atoms with van der Waals surface area (Å²) in [5.74, 6) is -1.31. The molecule has 1 unspecified atom stereocenters. The van der Waals surface area contributed by atoms with Crippen molar-refractivity contribution in [3.8, 4) is 0 Å². The van der Waals surface area contributed by atoms with E-state index in [9.17, 15) is 14.4 Å². The third kappa shape index (κ3) is 4.18. The van der Waals surface area contributed by atoms with Crippen LogP contribution in [-0.4, -0.2) is 42.5 Å². The summed E-state index contributed by atoms with van der Waals surface area (Å²) in [7, 11) is 0. The van der Waals surface area contributed by atoms with Crippen LogP contribution in [-0.2, 0) is 14.3 Å². The highest BCUT2D eigenvalue weighted by Gasteiger charge is 2.38. The first-order valence-electron chi connectivity index (χ1n) is 8.94. The Morgan fingerprint density at radius 3 is 2.86 bits per heavy atom. The number of aromatic nitrogens is 1. The largest absolute Gasteiger partial charge is 0.461 e. The minimum atomic E-state index is -0.517. The van der Waals surface area contributed by atoms with Crippen molar-refractivity contribution >= 4 is 51.5 Å². The number of hydrogen-bond donors (Lipinski definition) is 0. The van der Waals surface area contributed by atoms with Crippen molar-refractivity contribution in [1.82, 2.24) is 4.98 Å². The molecule has 3 rings (SSSR count). The van der Waals surface area contributed by atoms with Crippen molar-refractivity contribution in [1.29, 1.82) is 0 Å². The van der Waals surface area contributed by atoms with Crippen molar-refractivity contribution in [3.63, 3.8) is 0 Å². The highest BCUT2D eigenvalue weighted by atomic mass is 35.5. The molecule has 28 heavy (non-hydrogen) atoms. The van der Waals surface area contributed by atoms with Gasteiger partial charge >= 0.3 is 5.97 Å². The summed E-state index contributed by atoms with van der Waals surface area (Å²) in [6, 6.07) is 7.00. The summed E-state index contributed by atoms with van der Waals surface area (Å²) in [6.07, 6.45) is 0.123. The first kappa shape index (κ1) is 20.3. The Balaban J connectivity index is 1.75. The van der Waals surface area contributed by atoms with Gasteiger partial charge < -0.3 is 9.64 Å². The van der Waals surface area contributed by atoms with Gasteiger partial charge in [0.05, 0.1) is 12.5 Å². The van der Waals surface area contributed by atoms with Gasteiger partial charge in [-0.1, -0.05) is 17.7 Å². The fraction of sp³-hybridized carbons (Fsp3) is 0.368. The molecule has 7 nitrogen and oxygen atoms in total. The minimum absolute atomic E-state index is 0.122. The summed E-state index contributed by atoms with van der Waals surface area (Å²) in [6.45, 7) is 4.47. The predicted octanol–water partition coefficient (Wildman–Crippen LogP) is 3.38. The van der Waals surface area contributed by atoms with Gasteiger partial charge in [0.15, 0.2) is 10.8 Å². The average molecular weight is 422 g/mol. The van der Waals surface area contributed by atoms with Crippen LogP contribution in [0.5, 0.6) is 0 Å². The van der Waals surface area contributed by atoms with Crippen LogP contribution in [0.25, 0.3) is 0 Å². The quantitative estimate of drug-likeness (QED) is 0.668. The number of carbonyl (C=O) groups excluding carboxylic acids is 3. The second kappa shape index (κ2) is 8.70. The van der Waals surface area contributed by atoms with Crippen molar-refractivity contribution in [2.45, 2.75) is 20.3 Å². The molecule has 0 saturated carbocycles. The molecule has 2 aromatic rings. The Morgan fingerprint density at radius 1 is 1.39 bits per heavy atom. The lowest BCUT2D eigenvalue weighted by Gasteiger charge is -2.22. The molecule has 1 aliphatic heterocycles. The molecule has 1 aromatic carbocycles. The fourth-order valence-corrected chi connectivity index (χ4v) is 4.11. The number of thiazole rings is 1. The minimum Gasteiger partial charge on any atom is -0.461 e. The second-order valence-electron chi connectivity index (χ2n) is 6.20. The van der Waals surface area contributed by atoms with E-state index in [0.717, 1.165) is 0 Å². The van der Waals surface area contributed by atoms with Crippen LogP contribution in [0.4, 0.5) is 10.8 Å². The van der Waals surface area contributed by atoms with Gasteiger partial charge in [-0.15, -0.1) is 11.3 Å². The van der Waals surface area contributed by atoms with E-state index in [1.54, 1.807) is 41.5 Å². The number of ether oxygens (including phenoxy) is 1. The van der Waals surface area contributed by atoms with Crippen LogP contribution in [0.1, 0.15) is 30.8 Å². The molecule has 1 aliphatic rings. The summed E-state index contributed by atoms with van der Waals surface area (Å²) < 4.78 is 4.94. The van der Waals surface area contributed by atoms with Crippen molar-refractivity contribution in [2.75, 3.05) is 29.5 Å². The van der Waals surface area contributed by atoms with Gasteiger partial charge in [-0.2, -0.15) is 0 Å². The van der Waals surface area contributed by atoms with E-state index in [1.807, 2.05) is 6.92 Å². The summed E-state index contributed by atoms with van der Waals surface area (Å²) in [4.78, 5) is 44.6. The number of carbonyl (C=O) groups is 3. The zero-order valence-electron chi connectivity index (χ0n) is 15.6. The Bertz CT molecular complexity index is 901. The molecule has 0 bridgehead atoms. The van der Waals surface area contributed by atoms with Crippen LogP contribution < -0.4 is 9.80 Å². The second-order valence-corrected chi connectivity index (χ2v) is 7.48. The maximum Gasteiger partial charge on any atom is 0.357 e. The van der Waals surface area contributed by atoms with E-state index in [0.29, 0.717) is 22.4 Å². The zero-order valence-corrected chi connectivity index (χ0v) is 17.1. The number of amides is 2. The van der Waals surface area contributed by atoms with Gasteiger partial charge in [0.1, 0.15) is 0 Å². The Hall–Kier alpha value is -2.45. The first-order chi connectivity index (χ1) is 13.4. The molecule has 1 aromatic heterocycles. The van der Waals surface area contributed by atoms with E-state index >= 15 is 0 Å². The normalized spacial score (nSPS) is 16.3. The molecule has 148 valence electrons. The maximum atomic E-state index is 13.0. The van der Waals surface area contributed by atoms with Crippen LogP contribution >= 0.6 is 22.9 Å². The topological polar surface area (TPSA) is 79.8 Å². The molecule has 0 aliphatic carbocycles. The predicted molar refractivity (Wildman–Crippen MR) is 108 cm³/mol. The van der Waals surface area contributed by atoms with Gasteiger partial charge in [-0.05, 0) is 32.0 Å². The molecule has 1 fully saturated rings. The Morgan fingerprint density at radius 2 is 2.18 bits per heavy atom. The van der Waals surface area contributed by atoms with Crippen LogP contribution in [0.2, 0.25) is 5.02 Å². The Kier molecular flexibility index (Phi) is 6.31. The van der Waals surface area contributed by atoms with Crippen LogP contribution in [0.15, 0.2) is 29.6 Å². The van der Waals surface area contributed by atoms with Crippen LogP contribution in [0.3, 0.4) is 0 Å². The molecular weight excluding hydrogens is 402 g/mol. The molecule has 2 heterocycles.